The van der Waals surface area contributed by atoms with E-state index in [0.717, 1.165) is 16.0 Å². The van der Waals surface area contributed by atoms with Crippen LogP contribution in [0, 0.1) is 6.92 Å². The highest BCUT2D eigenvalue weighted by atomic mass is 35.5. The van der Waals surface area contributed by atoms with Crippen molar-refractivity contribution in [1.29, 1.82) is 0 Å². The summed E-state index contributed by atoms with van der Waals surface area (Å²) in [5, 5.41) is 4.45. The minimum absolute atomic E-state index is 0.0982. The molecule has 1 aromatic heterocycles. The lowest BCUT2D eigenvalue weighted by Crippen LogP contribution is -2.24. The monoisotopic (exact) mass is 423 g/mol. The van der Waals surface area contributed by atoms with E-state index >= 15 is 0 Å². The van der Waals surface area contributed by atoms with Crippen LogP contribution in [0.25, 0.3) is 15.8 Å². The predicted octanol–water partition coefficient (Wildman–Crippen LogP) is 3.69. The molecule has 2 aromatic carbocycles. The Labute approximate surface area is 176 Å². The van der Waals surface area contributed by atoms with Crippen LogP contribution in [-0.2, 0) is 6.54 Å². The Morgan fingerprint density at radius 2 is 2.07 bits per heavy atom. The van der Waals surface area contributed by atoms with Crippen molar-refractivity contribution in [2.24, 2.45) is 0 Å². The Bertz CT molecular complexity index is 1250. The molecule has 0 radical (unpaired) electrons. The Balaban J connectivity index is 1.57. The second-order valence-electron chi connectivity index (χ2n) is 7.03. The van der Waals surface area contributed by atoms with E-state index in [1.807, 2.05) is 49.7 Å². The largest absolute Gasteiger partial charge is 0.398 e. The highest BCUT2D eigenvalue weighted by molar-refractivity contribution is 8.09. The molecule has 5 rings (SSSR count). The molecule has 0 amide bonds. The summed E-state index contributed by atoms with van der Waals surface area (Å²) in [7, 11) is 0. The summed E-state index contributed by atoms with van der Waals surface area (Å²) in [6.07, 6.45) is 5.96. The quantitative estimate of drug-likeness (QED) is 0.625. The molecule has 0 saturated carbocycles. The standard InChI is InChI=1S/C21H18ClN5OS/c1-12-25-18-9-15(19-11-26-7-6-24-21(26)29-19)17(23)8-16(18)20(28)27(12)10-13-2-4-14(22)5-3-13/h2-9,11,21,24H,10,23H2,1H3. The number of halogens is 1. The molecule has 0 bridgehead atoms. The maximum Gasteiger partial charge on any atom is 0.261 e. The molecule has 3 N–H and O–H groups in total. The van der Waals surface area contributed by atoms with E-state index in [9.17, 15) is 4.79 Å². The minimum Gasteiger partial charge on any atom is -0.398 e. The molecule has 6 nitrogen and oxygen atoms in total. The van der Waals surface area contributed by atoms with Crippen molar-refractivity contribution in [2.75, 3.05) is 5.73 Å². The van der Waals surface area contributed by atoms with Crippen molar-refractivity contribution in [3.8, 4) is 0 Å². The average molecular weight is 424 g/mol. The number of hydrogen-bond acceptors (Lipinski definition) is 6. The molecular weight excluding hydrogens is 406 g/mol. The lowest BCUT2D eigenvalue weighted by Gasteiger charge is -2.14. The van der Waals surface area contributed by atoms with Crippen LogP contribution in [0.2, 0.25) is 5.02 Å². The molecule has 29 heavy (non-hydrogen) atoms. The summed E-state index contributed by atoms with van der Waals surface area (Å²) in [5.41, 5.74) is 9.51. The fourth-order valence-corrected chi connectivity index (χ4v) is 4.82. The molecular formula is C21H18ClN5OS. The van der Waals surface area contributed by atoms with Crippen molar-refractivity contribution in [3.05, 3.63) is 87.3 Å². The van der Waals surface area contributed by atoms with Crippen LogP contribution in [-0.4, -0.2) is 19.9 Å². The van der Waals surface area contributed by atoms with Crippen molar-refractivity contribution < 1.29 is 0 Å². The van der Waals surface area contributed by atoms with Crippen molar-refractivity contribution >= 4 is 44.9 Å². The van der Waals surface area contributed by atoms with Gasteiger partial charge in [-0.2, -0.15) is 0 Å². The Kier molecular flexibility index (Phi) is 4.29. The lowest BCUT2D eigenvalue weighted by molar-refractivity contribution is 0.493. The highest BCUT2D eigenvalue weighted by Crippen LogP contribution is 2.42. The summed E-state index contributed by atoms with van der Waals surface area (Å²) in [6, 6.07) is 11.1. The van der Waals surface area contributed by atoms with Gasteiger partial charge in [-0.1, -0.05) is 35.5 Å². The van der Waals surface area contributed by atoms with E-state index in [4.69, 9.17) is 22.3 Å². The van der Waals surface area contributed by atoms with Gasteiger partial charge in [0.2, 0.25) is 0 Å². The maximum atomic E-state index is 13.2. The van der Waals surface area contributed by atoms with Gasteiger partial charge in [0.1, 0.15) is 5.82 Å². The van der Waals surface area contributed by atoms with Gasteiger partial charge in [0.25, 0.3) is 5.56 Å². The number of fused-ring (bicyclic) bond motifs is 2. The Morgan fingerprint density at radius 3 is 2.83 bits per heavy atom. The number of nitrogens with one attached hydrogen (secondary N) is 1. The van der Waals surface area contributed by atoms with E-state index in [-0.39, 0.29) is 11.1 Å². The van der Waals surface area contributed by atoms with Gasteiger partial charge in [0.15, 0.2) is 5.50 Å². The van der Waals surface area contributed by atoms with E-state index in [1.54, 1.807) is 22.4 Å². The number of aryl methyl sites for hydroxylation is 1. The van der Waals surface area contributed by atoms with Crippen LogP contribution in [0.5, 0.6) is 0 Å². The summed E-state index contributed by atoms with van der Waals surface area (Å²) in [6.45, 7) is 2.28. The molecule has 8 heteroatoms. The van der Waals surface area contributed by atoms with Crippen LogP contribution in [0.3, 0.4) is 0 Å². The van der Waals surface area contributed by atoms with Crippen molar-refractivity contribution in [3.63, 3.8) is 0 Å². The predicted molar refractivity (Wildman–Crippen MR) is 119 cm³/mol. The minimum atomic E-state index is -0.0982. The first kappa shape index (κ1) is 18.1. The summed E-state index contributed by atoms with van der Waals surface area (Å²) in [5.74, 6) is 0.659. The van der Waals surface area contributed by atoms with Crippen LogP contribution in [0.15, 0.2) is 59.8 Å². The molecule has 3 heterocycles. The zero-order valence-electron chi connectivity index (χ0n) is 15.6. The first-order valence-corrected chi connectivity index (χ1v) is 10.4. The third kappa shape index (κ3) is 3.16. The van der Waals surface area contributed by atoms with E-state index in [1.165, 1.54) is 0 Å². The summed E-state index contributed by atoms with van der Waals surface area (Å²) in [4.78, 5) is 21.0. The molecule has 0 saturated heterocycles. The molecule has 1 atom stereocenters. The van der Waals surface area contributed by atoms with Gasteiger partial charge in [-0.25, -0.2) is 4.98 Å². The molecule has 1 unspecified atom stereocenters. The summed E-state index contributed by atoms with van der Waals surface area (Å²) >= 11 is 7.64. The fourth-order valence-electron chi connectivity index (χ4n) is 3.57. The third-order valence-electron chi connectivity index (χ3n) is 5.10. The smallest absolute Gasteiger partial charge is 0.261 e. The van der Waals surface area contributed by atoms with Gasteiger partial charge in [0, 0.05) is 39.8 Å². The van der Waals surface area contributed by atoms with Gasteiger partial charge >= 0.3 is 0 Å². The van der Waals surface area contributed by atoms with Gasteiger partial charge in [0.05, 0.1) is 17.4 Å². The topological polar surface area (TPSA) is 76.2 Å². The molecule has 3 aromatic rings. The second kappa shape index (κ2) is 6.86. The third-order valence-corrected chi connectivity index (χ3v) is 6.53. The SMILES string of the molecule is Cc1nc2cc(C3=CN4C=CNC4S3)c(N)cc2c(=O)n1Cc1ccc(Cl)cc1. The summed E-state index contributed by atoms with van der Waals surface area (Å²) < 4.78 is 1.67. The number of nitrogen functional groups attached to an aromatic ring is 1. The van der Waals surface area contributed by atoms with E-state index < -0.39 is 0 Å². The van der Waals surface area contributed by atoms with Gasteiger partial charge in [-0.05, 0) is 36.8 Å². The molecule has 146 valence electrons. The zero-order valence-corrected chi connectivity index (χ0v) is 17.2. The average Bonchev–Trinajstić information content (AvgIpc) is 3.29. The van der Waals surface area contributed by atoms with E-state index in [2.05, 4.69) is 16.4 Å². The number of nitrogens with zero attached hydrogens (tertiary/aromatic N) is 3. The number of hydrogen-bond donors (Lipinski definition) is 2. The lowest BCUT2D eigenvalue weighted by atomic mass is 10.1. The second-order valence-corrected chi connectivity index (χ2v) is 8.59. The van der Waals surface area contributed by atoms with Crippen LogP contribution >= 0.6 is 23.4 Å². The molecule has 2 aliphatic heterocycles. The van der Waals surface area contributed by atoms with Crippen LogP contribution in [0.4, 0.5) is 5.69 Å². The molecule has 0 aliphatic carbocycles. The van der Waals surface area contributed by atoms with Crippen molar-refractivity contribution in [2.45, 2.75) is 19.0 Å². The number of anilines is 1. The number of rotatable bonds is 3. The van der Waals surface area contributed by atoms with Crippen molar-refractivity contribution in [1.82, 2.24) is 19.8 Å². The molecule has 0 spiro atoms. The van der Waals surface area contributed by atoms with Crippen LogP contribution in [0.1, 0.15) is 17.0 Å². The Morgan fingerprint density at radius 1 is 1.28 bits per heavy atom. The first-order chi connectivity index (χ1) is 14.0. The number of aromatic nitrogens is 2. The fraction of sp³-hybridized carbons (Fsp3) is 0.143. The highest BCUT2D eigenvalue weighted by Gasteiger charge is 2.28. The van der Waals surface area contributed by atoms with E-state index in [0.29, 0.717) is 34.0 Å². The normalized spacial score (nSPS) is 17.5. The number of nitrogens with two attached hydrogens (primary N) is 1. The van der Waals surface area contributed by atoms with Crippen LogP contribution < -0.4 is 16.6 Å². The van der Waals surface area contributed by atoms with Gasteiger partial charge in [-0.3, -0.25) is 9.36 Å². The first-order valence-electron chi connectivity index (χ1n) is 9.14. The number of benzene rings is 2. The Hall–Kier alpha value is -2.90. The molecule has 2 aliphatic rings. The maximum absolute atomic E-state index is 13.2. The number of thioether (sulfide) groups is 1. The zero-order chi connectivity index (χ0) is 20.1. The molecule has 0 fully saturated rings. The van der Waals surface area contributed by atoms with Gasteiger partial charge < -0.3 is 16.0 Å². The van der Waals surface area contributed by atoms with Gasteiger partial charge in [-0.15, -0.1) is 0 Å².